The molecule has 7 heteroatoms. The van der Waals surface area contributed by atoms with Gasteiger partial charge in [-0.15, -0.1) is 13.2 Å². The van der Waals surface area contributed by atoms with Gasteiger partial charge in [0.25, 0.3) is 5.91 Å². The molecule has 2 fully saturated rings. The number of halogens is 3. The number of hydrogen-bond donors (Lipinski definition) is 0. The highest BCUT2D eigenvalue weighted by Gasteiger charge is 2.33. The Morgan fingerprint density at radius 3 is 2.63 bits per heavy atom. The Morgan fingerprint density at radius 2 is 1.89 bits per heavy atom. The number of amides is 1. The Hall–Kier alpha value is -2.02. The fraction of sp³-hybridized carbons (Fsp3) is 0.550. The third-order valence-electron chi connectivity index (χ3n) is 5.56. The largest absolute Gasteiger partial charge is 0.573 e. The van der Waals surface area contributed by atoms with Gasteiger partial charge in [0, 0.05) is 31.8 Å². The molecule has 4 nitrogen and oxygen atoms in total. The maximum absolute atomic E-state index is 12.5. The molecule has 0 aromatic heterocycles. The van der Waals surface area contributed by atoms with Crippen LogP contribution in [0.5, 0.6) is 5.75 Å². The van der Waals surface area contributed by atoms with Crippen LogP contribution in [0.3, 0.4) is 0 Å². The maximum atomic E-state index is 12.5. The second-order valence-corrected chi connectivity index (χ2v) is 7.29. The molecule has 1 aromatic carbocycles. The van der Waals surface area contributed by atoms with Crippen LogP contribution in [0, 0.1) is 11.8 Å². The average Bonchev–Trinajstić information content (AvgIpc) is 2.65. The zero-order valence-electron chi connectivity index (χ0n) is 15.4. The molecule has 0 bridgehead atoms. The van der Waals surface area contributed by atoms with E-state index in [9.17, 15) is 18.0 Å². The summed E-state index contributed by atoms with van der Waals surface area (Å²) in [6.45, 7) is 1.71. The standard InChI is InChI=1S/C20H25F3N2O2/c1-24(25-13-12-15-6-2-3-8-17(15)14-25)19(26)11-10-16-7-4-5-9-18(16)27-20(21,22)23/h4-5,7,9-11,15,17H,2-3,6,8,12-14H2,1H3/b11-10+. The number of nitrogens with zero attached hydrogens (tertiary/aromatic N) is 2. The molecule has 2 aliphatic rings. The molecular formula is C20H25F3N2O2. The van der Waals surface area contributed by atoms with Crippen molar-refractivity contribution in [1.82, 2.24) is 10.0 Å². The summed E-state index contributed by atoms with van der Waals surface area (Å²) < 4.78 is 41.5. The Kier molecular flexibility index (Phi) is 6.09. The van der Waals surface area contributed by atoms with Crippen molar-refractivity contribution in [1.29, 1.82) is 0 Å². The molecule has 1 aromatic rings. The topological polar surface area (TPSA) is 32.8 Å². The highest BCUT2D eigenvalue weighted by Crippen LogP contribution is 2.36. The van der Waals surface area contributed by atoms with Crippen molar-refractivity contribution < 1.29 is 22.7 Å². The maximum Gasteiger partial charge on any atom is 0.573 e. The lowest BCUT2D eigenvalue weighted by molar-refractivity contribution is -0.274. The first-order chi connectivity index (χ1) is 12.8. The van der Waals surface area contributed by atoms with Crippen LogP contribution in [0.25, 0.3) is 6.08 Å². The van der Waals surface area contributed by atoms with Crippen LogP contribution in [-0.4, -0.2) is 42.4 Å². The van der Waals surface area contributed by atoms with Crippen molar-refractivity contribution in [2.75, 3.05) is 20.1 Å². The van der Waals surface area contributed by atoms with Crippen LogP contribution < -0.4 is 4.74 Å². The summed E-state index contributed by atoms with van der Waals surface area (Å²) >= 11 is 0. The van der Waals surface area contributed by atoms with Gasteiger partial charge in [0.2, 0.25) is 0 Å². The molecule has 1 saturated heterocycles. The normalized spacial score (nSPS) is 23.9. The summed E-state index contributed by atoms with van der Waals surface area (Å²) in [6.07, 6.45) is 4.04. The van der Waals surface area contributed by atoms with E-state index < -0.39 is 6.36 Å². The van der Waals surface area contributed by atoms with Gasteiger partial charge in [-0.2, -0.15) is 0 Å². The number of fused-ring (bicyclic) bond motifs is 1. The van der Waals surface area contributed by atoms with Crippen molar-refractivity contribution in [2.24, 2.45) is 11.8 Å². The monoisotopic (exact) mass is 382 g/mol. The minimum absolute atomic E-state index is 0.211. The minimum Gasteiger partial charge on any atom is -0.405 e. The molecule has 1 aliphatic carbocycles. The number of benzene rings is 1. The molecule has 27 heavy (non-hydrogen) atoms. The molecule has 1 aliphatic heterocycles. The molecule has 2 atom stereocenters. The molecule has 1 amide bonds. The Morgan fingerprint density at radius 1 is 1.19 bits per heavy atom. The van der Waals surface area contributed by atoms with E-state index in [-0.39, 0.29) is 17.2 Å². The van der Waals surface area contributed by atoms with E-state index in [4.69, 9.17) is 0 Å². The quantitative estimate of drug-likeness (QED) is 0.720. The molecule has 0 spiro atoms. The molecule has 1 saturated carbocycles. The van der Waals surface area contributed by atoms with E-state index in [1.807, 2.05) is 0 Å². The number of alkyl halides is 3. The van der Waals surface area contributed by atoms with Crippen LogP contribution in [0.15, 0.2) is 30.3 Å². The molecule has 0 N–H and O–H groups in total. The molecular weight excluding hydrogens is 357 g/mol. The number of rotatable bonds is 4. The number of hydrogen-bond acceptors (Lipinski definition) is 3. The first kappa shape index (κ1) is 19.7. The third-order valence-corrected chi connectivity index (χ3v) is 5.56. The van der Waals surface area contributed by atoms with Crippen LogP contribution in [0.1, 0.15) is 37.7 Å². The highest BCUT2D eigenvalue weighted by molar-refractivity contribution is 5.91. The van der Waals surface area contributed by atoms with E-state index in [2.05, 4.69) is 9.75 Å². The second-order valence-electron chi connectivity index (χ2n) is 7.29. The number of likely N-dealkylation sites (N-methyl/N-ethyl adjacent to an activating group) is 1. The first-order valence-corrected chi connectivity index (χ1v) is 9.39. The van der Waals surface area contributed by atoms with Gasteiger partial charge in [-0.3, -0.25) is 9.80 Å². The van der Waals surface area contributed by atoms with E-state index in [1.165, 1.54) is 56.0 Å². The summed E-state index contributed by atoms with van der Waals surface area (Å²) in [6, 6.07) is 5.78. The predicted molar refractivity (Wildman–Crippen MR) is 96.6 cm³/mol. The lowest BCUT2D eigenvalue weighted by Crippen LogP contribution is -2.51. The smallest absolute Gasteiger partial charge is 0.405 e. The third kappa shape index (κ3) is 5.25. The first-order valence-electron chi connectivity index (χ1n) is 9.39. The van der Waals surface area contributed by atoms with Crippen LogP contribution in [0.4, 0.5) is 13.2 Å². The Bertz CT molecular complexity index is 690. The summed E-state index contributed by atoms with van der Waals surface area (Å²) in [7, 11) is 1.72. The number of carbonyl (C=O) groups excluding carboxylic acids is 1. The van der Waals surface area contributed by atoms with Crippen molar-refractivity contribution >= 4 is 12.0 Å². The van der Waals surface area contributed by atoms with Gasteiger partial charge in [-0.1, -0.05) is 37.5 Å². The number of piperidine rings is 1. The molecule has 0 radical (unpaired) electrons. The van der Waals surface area contributed by atoms with Crippen molar-refractivity contribution in [3.05, 3.63) is 35.9 Å². The second kappa shape index (κ2) is 8.33. The lowest BCUT2D eigenvalue weighted by Gasteiger charge is -2.44. The fourth-order valence-corrected chi connectivity index (χ4v) is 4.10. The number of ether oxygens (including phenoxy) is 1. The number of hydrazine groups is 1. The Labute approximate surface area is 157 Å². The van der Waals surface area contributed by atoms with E-state index in [0.717, 1.165) is 25.4 Å². The minimum atomic E-state index is -4.77. The fourth-order valence-electron chi connectivity index (χ4n) is 4.10. The molecule has 1 heterocycles. The summed E-state index contributed by atoms with van der Waals surface area (Å²) in [5.74, 6) is 0.818. The lowest BCUT2D eigenvalue weighted by atomic mass is 9.75. The molecule has 2 unspecified atom stereocenters. The molecule has 148 valence electrons. The SMILES string of the molecule is CN(C(=O)/C=C/c1ccccc1OC(F)(F)F)N1CCC2CCCCC2C1. The zero-order chi connectivity index (χ0) is 19.4. The average molecular weight is 382 g/mol. The van der Waals surface area contributed by atoms with Gasteiger partial charge in [0.15, 0.2) is 0 Å². The van der Waals surface area contributed by atoms with Gasteiger partial charge in [0.05, 0.1) is 0 Å². The van der Waals surface area contributed by atoms with Gasteiger partial charge in [-0.25, -0.2) is 5.01 Å². The van der Waals surface area contributed by atoms with Gasteiger partial charge in [0.1, 0.15) is 5.75 Å². The van der Waals surface area contributed by atoms with Crippen molar-refractivity contribution in [3.63, 3.8) is 0 Å². The van der Waals surface area contributed by atoms with Gasteiger partial charge in [-0.05, 0) is 36.8 Å². The zero-order valence-corrected chi connectivity index (χ0v) is 15.4. The highest BCUT2D eigenvalue weighted by atomic mass is 19.4. The van der Waals surface area contributed by atoms with E-state index in [0.29, 0.717) is 5.92 Å². The predicted octanol–water partition coefficient (Wildman–Crippen LogP) is 4.48. The van der Waals surface area contributed by atoms with Crippen LogP contribution in [-0.2, 0) is 4.79 Å². The van der Waals surface area contributed by atoms with Crippen LogP contribution in [0.2, 0.25) is 0 Å². The van der Waals surface area contributed by atoms with Crippen LogP contribution >= 0.6 is 0 Å². The number of carbonyl (C=O) groups is 1. The summed E-state index contributed by atoms with van der Waals surface area (Å²) in [5, 5.41) is 3.63. The van der Waals surface area contributed by atoms with Crippen molar-refractivity contribution in [3.8, 4) is 5.75 Å². The summed E-state index contributed by atoms with van der Waals surface area (Å²) in [4.78, 5) is 12.5. The van der Waals surface area contributed by atoms with Crippen molar-refractivity contribution in [2.45, 2.75) is 38.5 Å². The van der Waals surface area contributed by atoms with Gasteiger partial charge >= 0.3 is 6.36 Å². The summed E-state index contributed by atoms with van der Waals surface area (Å²) in [5.41, 5.74) is 0.211. The van der Waals surface area contributed by atoms with Gasteiger partial charge < -0.3 is 4.74 Å². The Balaban J connectivity index is 1.63. The molecule has 3 rings (SSSR count). The van der Waals surface area contributed by atoms with E-state index >= 15 is 0 Å². The van der Waals surface area contributed by atoms with E-state index in [1.54, 1.807) is 18.1 Å². The number of para-hydroxylation sites is 1.